The van der Waals surface area contributed by atoms with Gasteiger partial charge in [-0.05, 0) is 36.4 Å². The van der Waals surface area contributed by atoms with E-state index in [1.165, 1.54) is 12.1 Å². The molecule has 0 spiro atoms. The fraction of sp³-hybridized carbons (Fsp3) is 0.133. The largest absolute Gasteiger partial charge is 0.255 e. The van der Waals surface area contributed by atoms with Gasteiger partial charge in [0.2, 0.25) is 0 Å². The molecule has 2 rings (SSSR count). The number of rotatable bonds is 1. The van der Waals surface area contributed by atoms with E-state index in [-0.39, 0.29) is 5.82 Å². The quantitative estimate of drug-likeness (QED) is 0.675. The number of aromatic nitrogens is 1. The van der Waals surface area contributed by atoms with E-state index in [9.17, 15) is 4.39 Å². The summed E-state index contributed by atoms with van der Waals surface area (Å²) >= 11 is 0. The lowest BCUT2D eigenvalue weighted by Crippen LogP contribution is -1.85. The van der Waals surface area contributed by atoms with E-state index in [0.29, 0.717) is 0 Å². The molecule has 1 aromatic heterocycles. The first-order chi connectivity index (χ1) is 8.29. The second-order valence-electron chi connectivity index (χ2n) is 3.59. The van der Waals surface area contributed by atoms with Crippen molar-refractivity contribution in [1.82, 2.24) is 4.98 Å². The molecule has 0 fully saturated rings. The van der Waals surface area contributed by atoms with Gasteiger partial charge in [0.15, 0.2) is 0 Å². The van der Waals surface area contributed by atoms with Crippen LogP contribution in [0, 0.1) is 17.7 Å². The molecule has 0 aliphatic carbocycles. The van der Waals surface area contributed by atoms with Gasteiger partial charge in [-0.2, -0.15) is 0 Å². The molecule has 0 saturated carbocycles. The molecule has 1 heterocycles. The highest BCUT2D eigenvalue weighted by molar-refractivity contribution is 5.59. The highest BCUT2D eigenvalue weighted by Crippen LogP contribution is 2.17. The highest BCUT2D eigenvalue weighted by atomic mass is 19.1. The lowest BCUT2D eigenvalue weighted by molar-refractivity contribution is 0.628. The maximum atomic E-state index is 12.8. The van der Waals surface area contributed by atoms with E-state index in [0.717, 1.165) is 23.2 Å². The van der Waals surface area contributed by atoms with Gasteiger partial charge in [0.05, 0.1) is 5.69 Å². The molecule has 0 aliphatic rings. The average Bonchev–Trinajstić information content (AvgIpc) is 2.38. The maximum absolute atomic E-state index is 12.8. The van der Waals surface area contributed by atoms with E-state index in [4.69, 9.17) is 0 Å². The van der Waals surface area contributed by atoms with E-state index in [1.54, 1.807) is 18.3 Å². The summed E-state index contributed by atoms with van der Waals surface area (Å²) in [5.74, 6) is 5.76. The summed E-state index contributed by atoms with van der Waals surface area (Å²) in [4.78, 5) is 4.31. The summed E-state index contributed by atoms with van der Waals surface area (Å²) in [7, 11) is 0. The Morgan fingerprint density at radius 2 is 1.88 bits per heavy atom. The van der Waals surface area contributed by atoms with Gasteiger partial charge in [-0.1, -0.05) is 18.8 Å². The van der Waals surface area contributed by atoms with Crippen LogP contribution >= 0.6 is 0 Å². The van der Waals surface area contributed by atoms with Crippen molar-refractivity contribution < 1.29 is 4.39 Å². The molecular weight excluding hydrogens is 213 g/mol. The van der Waals surface area contributed by atoms with Gasteiger partial charge in [0.1, 0.15) is 5.82 Å². The summed E-state index contributed by atoms with van der Waals surface area (Å²) in [6.45, 7) is 2.01. The Labute approximate surface area is 100 Å². The molecular formula is C15H12FN. The SMILES string of the molecule is CCC#Cc1ccc(-c2ccc(F)cc2)nc1. The van der Waals surface area contributed by atoms with E-state index >= 15 is 0 Å². The molecule has 1 aromatic carbocycles. The van der Waals surface area contributed by atoms with Crippen molar-refractivity contribution in [3.63, 3.8) is 0 Å². The number of halogens is 1. The van der Waals surface area contributed by atoms with Crippen LogP contribution in [0.3, 0.4) is 0 Å². The van der Waals surface area contributed by atoms with Crippen molar-refractivity contribution in [2.24, 2.45) is 0 Å². The van der Waals surface area contributed by atoms with E-state index in [2.05, 4.69) is 16.8 Å². The first kappa shape index (κ1) is 11.3. The number of hydrogen-bond donors (Lipinski definition) is 0. The minimum Gasteiger partial charge on any atom is -0.255 e. The van der Waals surface area contributed by atoms with E-state index in [1.807, 2.05) is 19.1 Å². The van der Waals surface area contributed by atoms with Gasteiger partial charge in [0.25, 0.3) is 0 Å². The minimum atomic E-state index is -0.237. The van der Waals surface area contributed by atoms with Crippen LogP contribution in [0.15, 0.2) is 42.6 Å². The Balaban J connectivity index is 2.26. The van der Waals surface area contributed by atoms with Crippen molar-refractivity contribution in [3.8, 4) is 23.1 Å². The van der Waals surface area contributed by atoms with Gasteiger partial charge in [0, 0.05) is 23.7 Å². The molecule has 0 aliphatic heterocycles. The van der Waals surface area contributed by atoms with Crippen LogP contribution in [0.5, 0.6) is 0 Å². The Hall–Kier alpha value is -2.14. The summed E-state index contributed by atoms with van der Waals surface area (Å²) < 4.78 is 12.8. The molecule has 1 nitrogen and oxygen atoms in total. The second-order valence-corrected chi connectivity index (χ2v) is 3.59. The summed E-state index contributed by atoms with van der Waals surface area (Å²) in [5.41, 5.74) is 2.63. The molecule has 2 aromatic rings. The molecule has 0 saturated heterocycles. The number of benzene rings is 1. The van der Waals surface area contributed by atoms with Crippen molar-refractivity contribution >= 4 is 0 Å². The Kier molecular flexibility index (Phi) is 3.52. The smallest absolute Gasteiger partial charge is 0.123 e. The van der Waals surface area contributed by atoms with Gasteiger partial charge >= 0.3 is 0 Å². The van der Waals surface area contributed by atoms with Crippen molar-refractivity contribution in [2.75, 3.05) is 0 Å². The van der Waals surface area contributed by atoms with Crippen molar-refractivity contribution in [1.29, 1.82) is 0 Å². The van der Waals surface area contributed by atoms with Crippen LogP contribution in [-0.4, -0.2) is 4.98 Å². The number of hydrogen-bond acceptors (Lipinski definition) is 1. The zero-order chi connectivity index (χ0) is 12.1. The van der Waals surface area contributed by atoms with Crippen LogP contribution in [0.4, 0.5) is 4.39 Å². The standard InChI is InChI=1S/C15H12FN/c1-2-3-4-12-5-10-15(17-11-12)13-6-8-14(16)9-7-13/h5-11H,2H2,1H3. The van der Waals surface area contributed by atoms with Crippen molar-refractivity contribution in [2.45, 2.75) is 13.3 Å². The molecule has 0 atom stereocenters. The summed E-state index contributed by atoms with van der Waals surface area (Å²) in [6.07, 6.45) is 2.57. The van der Waals surface area contributed by atoms with Crippen LogP contribution in [0.1, 0.15) is 18.9 Å². The Bertz CT molecular complexity index is 544. The first-order valence-corrected chi connectivity index (χ1v) is 5.50. The van der Waals surface area contributed by atoms with Crippen LogP contribution in [0.2, 0.25) is 0 Å². The fourth-order valence-electron chi connectivity index (χ4n) is 1.45. The van der Waals surface area contributed by atoms with Gasteiger partial charge in [-0.15, -0.1) is 0 Å². The highest BCUT2D eigenvalue weighted by Gasteiger charge is 1.99. The maximum Gasteiger partial charge on any atom is 0.123 e. The number of pyridine rings is 1. The van der Waals surface area contributed by atoms with Gasteiger partial charge < -0.3 is 0 Å². The molecule has 0 bridgehead atoms. The Morgan fingerprint density at radius 3 is 2.47 bits per heavy atom. The zero-order valence-corrected chi connectivity index (χ0v) is 9.57. The third-order valence-electron chi connectivity index (χ3n) is 2.31. The minimum absolute atomic E-state index is 0.237. The molecule has 0 N–H and O–H groups in total. The third-order valence-corrected chi connectivity index (χ3v) is 2.31. The van der Waals surface area contributed by atoms with Crippen LogP contribution < -0.4 is 0 Å². The van der Waals surface area contributed by atoms with Gasteiger partial charge in [-0.25, -0.2) is 4.39 Å². The van der Waals surface area contributed by atoms with Crippen LogP contribution in [0.25, 0.3) is 11.3 Å². The molecule has 0 amide bonds. The average molecular weight is 225 g/mol. The first-order valence-electron chi connectivity index (χ1n) is 5.50. The third kappa shape index (κ3) is 2.92. The fourth-order valence-corrected chi connectivity index (χ4v) is 1.45. The monoisotopic (exact) mass is 225 g/mol. The molecule has 17 heavy (non-hydrogen) atoms. The lowest BCUT2D eigenvalue weighted by Gasteiger charge is -2.00. The molecule has 84 valence electrons. The topological polar surface area (TPSA) is 12.9 Å². The van der Waals surface area contributed by atoms with Gasteiger partial charge in [-0.3, -0.25) is 4.98 Å². The molecule has 0 unspecified atom stereocenters. The molecule has 2 heteroatoms. The lowest BCUT2D eigenvalue weighted by atomic mass is 10.1. The van der Waals surface area contributed by atoms with E-state index < -0.39 is 0 Å². The normalized spacial score (nSPS) is 9.53. The summed E-state index contributed by atoms with van der Waals surface area (Å²) in [5, 5.41) is 0. The predicted molar refractivity (Wildman–Crippen MR) is 66.8 cm³/mol. The summed E-state index contributed by atoms with van der Waals surface area (Å²) in [6, 6.07) is 10.1. The Morgan fingerprint density at radius 1 is 1.12 bits per heavy atom. The number of nitrogens with zero attached hydrogens (tertiary/aromatic N) is 1. The predicted octanol–water partition coefficient (Wildman–Crippen LogP) is 3.65. The van der Waals surface area contributed by atoms with Crippen molar-refractivity contribution in [3.05, 3.63) is 54.0 Å². The zero-order valence-electron chi connectivity index (χ0n) is 9.57. The van der Waals surface area contributed by atoms with Crippen LogP contribution in [-0.2, 0) is 0 Å². The second kappa shape index (κ2) is 5.27. The molecule has 0 radical (unpaired) electrons.